The number of hydrogen-bond donors (Lipinski definition) is 1. The van der Waals surface area contributed by atoms with E-state index in [-0.39, 0.29) is 11.9 Å². The molecule has 1 aliphatic carbocycles. The Kier molecular flexibility index (Phi) is 4.26. The summed E-state index contributed by atoms with van der Waals surface area (Å²) >= 11 is 12.6. The van der Waals surface area contributed by atoms with E-state index < -0.39 is 0 Å². The standard InChI is InChI=1S/C18H19Cl2N3O2/c1-9-15(17(22-25-9)16-12(19)3-2-4-13(16)20)18(24)23-7-10-5-6-14(21)11(10)8-23/h2-4,10-11,14H,5-8,21H2,1H3. The summed E-state index contributed by atoms with van der Waals surface area (Å²) in [6.07, 6.45) is 2.13. The molecule has 1 saturated heterocycles. The highest BCUT2D eigenvalue weighted by atomic mass is 35.5. The number of nitrogens with two attached hydrogens (primary N) is 1. The summed E-state index contributed by atoms with van der Waals surface area (Å²) in [5.74, 6) is 1.26. The van der Waals surface area contributed by atoms with Gasteiger partial charge in [0, 0.05) is 24.7 Å². The molecule has 0 spiro atoms. The highest BCUT2D eigenvalue weighted by Gasteiger charge is 2.43. The maximum atomic E-state index is 13.2. The van der Waals surface area contributed by atoms with Crippen LogP contribution in [0.2, 0.25) is 10.0 Å². The number of aryl methyl sites for hydroxylation is 1. The zero-order valence-corrected chi connectivity index (χ0v) is 15.3. The van der Waals surface area contributed by atoms with Crippen molar-refractivity contribution in [3.05, 3.63) is 39.6 Å². The van der Waals surface area contributed by atoms with Crippen LogP contribution in [0.5, 0.6) is 0 Å². The quantitative estimate of drug-likeness (QED) is 0.861. The van der Waals surface area contributed by atoms with Crippen LogP contribution in [0, 0.1) is 18.8 Å². The largest absolute Gasteiger partial charge is 0.360 e. The minimum Gasteiger partial charge on any atom is -0.360 e. The average molecular weight is 380 g/mol. The Morgan fingerprint density at radius 1 is 1.28 bits per heavy atom. The zero-order valence-electron chi connectivity index (χ0n) is 13.8. The van der Waals surface area contributed by atoms with Gasteiger partial charge in [0.2, 0.25) is 0 Å². The van der Waals surface area contributed by atoms with Gasteiger partial charge in [0.25, 0.3) is 5.91 Å². The molecule has 2 aliphatic rings. The molecule has 3 unspecified atom stereocenters. The molecule has 1 aromatic carbocycles. The van der Waals surface area contributed by atoms with E-state index in [4.69, 9.17) is 33.5 Å². The first-order chi connectivity index (χ1) is 12.0. The van der Waals surface area contributed by atoms with Gasteiger partial charge in [-0.1, -0.05) is 34.4 Å². The van der Waals surface area contributed by atoms with E-state index >= 15 is 0 Å². The number of nitrogens with zero attached hydrogens (tertiary/aromatic N) is 2. The minimum atomic E-state index is -0.0914. The number of carbonyl (C=O) groups is 1. The van der Waals surface area contributed by atoms with Crippen molar-refractivity contribution >= 4 is 29.1 Å². The van der Waals surface area contributed by atoms with Gasteiger partial charge in [0.15, 0.2) is 0 Å². The van der Waals surface area contributed by atoms with Crippen molar-refractivity contribution in [1.29, 1.82) is 0 Å². The van der Waals surface area contributed by atoms with Crippen molar-refractivity contribution in [1.82, 2.24) is 10.1 Å². The van der Waals surface area contributed by atoms with Gasteiger partial charge in [-0.25, -0.2) is 0 Å². The van der Waals surface area contributed by atoms with E-state index in [2.05, 4.69) is 5.16 Å². The average Bonchev–Trinajstić information content (AvgIpc) is 3.24. The fourth-order valence-corrected chi connectivity index (χ4v) is 4.73. The molecular weight excluding hydrogens is 361 g/mol. The van der Waals surface area contributed by atoms with Gasteiger partial charge in [0.1, 0.15) is 17.0 Å². The molecule has 2 N–H and O–H groups in total. The molecule has 2 aromatic rings. The molecule has 4 rings (SSSR count). The number of fused-ring (bicyclic) bond motifs is 1. The Labute approximate surface area is 156 Å². The van der Waals surface area contributed by atoms with Crippen LogP contribution in [0.3, 0.4) is 0 Å². The number of amides is 1. The van der Waals surface area contributed by atoms with Crippen LogP contribution in [0.1, 0.15) is 29.0 Å². The van der Waals surface area contributed by atoms with Crippen LogP contribution in [0.4, 0.5) is 0 Å². The highest BCUT2D eigenvalue weighted by molar-refractivity contribution is 6.39. The maximum absolute atomic E-state index is 13.2. The number of hydrogen-bond acceptors (Lipinski definition) is 4. The molecule has 0 radical (unpaired) electrons. The van der Waals surface area contributed by atoms with Gasteiger partial charge >= 0.3 is 0 Å². The molecule has 1 amide bonds. The summed E-state index contributed by atoms with van der Waals surface area (Å²) in [6.45, 7) is 3.15. The Bertz CT molecular complexity index is 815. The van der Waals surface area contributed by atoms with Crippen LogP contribution in [-0.4, -0.2) is 35.1 Å². The molecular formula is C18H19Cl2N3O2. The zero-order chi connectivity index (χ0) is 17.7. The summed E-state index contributed by atoms with van der Waals surface area (Å²) in [5.41, 5.74) is 7.55. The number of carbonyl (C=O) groups excluding carboxylic acids is 1. The van der Waals surface area contributed by atoms with Crippen molar-refractivity contribution < 1.29 is 9.32 Å². The van der Waals surface area contributed by atoms with Crippen LogP contribution in [-0.2, 0) is 0 Å². The monoisotopic (exact) mass is 379 g/mol. The van der Waals surface area contributed by atoms with E-state index in [9.17, 15) is 4.79 Å². The lowest BCUT2D eigenvalue weighted by molar-refractivity contribution is 0.0778. The van der Waals surface area contributed by atoms with Gasteiger partial charge in [-0.15, -0.1) is 0 Å². The molecule has 25 heavy (non-hydrogen) atoms. The number of halogens is 2. The third kappa shape index (κ3) is 2.75. The van der Waals surface area contributed by atoms with E-state index in [1.165, 1.54) is 0 Å². The van der Waals surface area contributed by atoms with Gasteiger partial charge < -0.3 is 15.2 Å². The van der Waals surface area contributed by atoms with Gasteiger partial charge in [-0.2, -0.15) is 0 Å². The second-order valence-corrected chi connectivity index (χ2v) is 7.75. The predicted molar refractivity (Wildman–Crippen MR) is 96.8 cm³/mol. The first kappa shape index (κ1) is 16.9. The summed E-state index contributed by atoms with van der Waals surface area (Å²) in [5, 5.41) is 4.95. The summed E-state index contributed by atoms with van der Waals surface area (Å²) in [7, 11) is 0. The normalized spacial score (nSPS) is 25.4. The SMILES string of the molecule is Cc1onc(-c2c(Cl)cccc2Cl)c1C(=O)N1CC2CCC(N)C2C1. The minimum absolute atomic E-state index is 0.0914. The second-order valence-electron chi connectivity index (χ2n) is 6.93. The molecule has 2 heterocycles. The number of benzene rings is 1. The topological polar surface area (TPSA) is 72.4 Å². The molecule has 0 bridgehead atoms. The third-order valence-electron chi connectivity index (χ3n) is 5.48. The first-order valence-electron chi connectivity index (χ1n) is 8.43. The van der Waals surface area contributed by atoms with E-state index in [1.807, 2.05) is 4.90 Å². The number of likely N-dealkylation sites (tertiary alicyclic amines) is 1. The highest BCUT2D eigenvalue weighted by Crippen LogP contribution is 2.40. The number of aromatic nitrogens is 1. The summed E-state index contributed by atoms with van der Waals surface area (Å²) < 4.78 is 5.32. The predicted octanol–water partition coefficient (Wildman–Crippen LogP) is 3.77. The summed E-state index contributed by atoms with van der Waals surface area (Å²) in [4.78, 5) is 15.0. The Balaban J connectivity index is 1.70. The summed E-state index contributed by atoms with van der Waals surface area (Å²) in [6, 6.07) is 5.38. The molecule has 1 saturated carbocycles. The van der Waals surface area contributed by atoms with Crippen LogP contribution < -0.4 is 5.73 Å². The smallest absolute Gasteiger partial charge is 0.259 e. The van der Waals surface area contributed by atoms with Crippen LogP contribution in [0.25, 0.3) is 11.3 Å². The Morgan fingerprint density at radius 3 is 2.68 bits per heavy atom. The third-order valence-corrected chi connectivity index (χ3v) is 6.11. The molecule has 132 valence electrons. The van der Waals surface area contributed by atoms with Crippen molar-refractivity contribution in [2.24, 2.45) is 17.6 Å². The van der Waals surface area contributed by atoms with Crippen LogP contribution in [0.15, 0.2) is 22.7 Å². The van der Waals surface area contributed by atoms with Crippen molar-refractivity contribution in [2.75, 3.05) is 13.1 Å². The van der Waals surface area contributed by atoms with Crippen LogP contribution >= 0.6 is 23.2 Å². The van der Waals surface area contributed by atoms with E-state index in [0.717, 1.165) is 19.4 Å². The fraction of sp³-hybridized carbons (Fsp3) is 0.444. The fourth-order valence-electron chi connectivity index (χ4n) is 4.15. The molecule has 7 heteroatoms. The van der Waals surface area contributed by atoms with E-state index in [0.29, 0.717) is 51.0 Å². The molecule has 1 aliphatic heterocycles. The molecule has 5 nitrogen and oxygen atoms in total. The first-order valence-corrected chi connectivity index (χ1v) is 9.18. The lowest BCUT2D eigenvalue weighted by atomic mass is 9.98. The van der Waals surface area contributed by atoms with E-state index in [1.54, 1.807) is 25.1 Å². The molecule has 3 atom stereocenters. The second kappa shape index (κ2) is 6.31. The Hall–Kier alpha value is -1.56. The van der Waals surface area contributed by atoms with Crippen molar-refractivity contribution in [2.45, 2.75) is 25.8 Å². The molecule has 2 fully saturated rings. The Morgan fingerprint density at radius 2 is 2.00 bits per heavy atom. The van der Waals surface area contributed by atoms with Gasteiger partial charge in [-0.3, -0.25) is 4.79 Å². The lowest BCUT2D eigenvalue weighted by Gasteiger charge is -2.19. The van der Waals surface area contributed by atoms with Crippen molar-refractivity contribution in [3.8, 4) is 11.3 Å². The number of rotatable bonds is 2. The maximum Gasteiger partial charge on any atom is 0.259 e. The van der Waals surface area contributed by atoms with Gasteiger partial charge in [-0.05, 0) is 43.7 Å². The molecule has 1 aromatic heterocycles. The lowest BCUT2D eigenvalue weighted by Crippen LogP contribution is -2.33. The van der Waals surface area contributed by atoms with Gasteiger partial charge in [0.05, 0.1) is 10.0 Å². The van der Waals surface area contributed by atoms with Crippen molar-refractivity contribution in [3.63, 3.8) is 0 Å².